The van der Waals surface area contributed by atoms with Crippen LogP contribution in [-0.2, 0) is 0 Å². The maximum Gasteiger partial charge on any atom is 0.337 e. The quantitative estimate of drug-likeness (QED) is 0.758. The normalized spacial score (nSPS) is 17.4. The Morgan fingerprint density at radius 2 is 2.11 bits per heavy atom. The number of hydrogen-bond acceptors (Lipinski definition) is 4. The minimum atomic E-state index is -0.959. The predicted molar refractivity (Wildman–Crippen MR) is 72.4 cm³/mol. The van der Waals surface area contributed by atoms with E-state index in [1.165, 1.54) is 0 Å². The van der Waals surface area contributed by atoms with Crippen molar-refractivity contribution in [3.05, 3.63) is 23.4 Å². The maximum absolute atomic E-state index is 10.9. The number of carboxylic acid groups (broad SMARTS) is 1. The van der Waals surface area contributed by atoms with Gasteiger partial charge in [-0.05, 0) is 31.9 Å². The summed E-state index contributed by atoms with van der Waals surface area (Å²) >= 11 is 0. The standard InChI is InChI=1S/C14H20N2O3/c1-10-11(13(18)19)4-5-12(16-10)15-8-14(9-17)6-2-3-7-14/h4-5,17H,2-3,6-9H2,1H3,(H,15,16)(H,18,19). The number of aliphatic hydroxyl groups is 1. The molecule has 19 heavy (non-hydrogen) atoms. The molecule has 1 aliphatic carbocycles. The number of rotatable bonds is 5. The second kappa shape index (κ2) is 5.57. The molecule has 1 aromatic rings. The minimum absolute atomic E-state index is 0.0406. The summed E-state index contributed by atoms with van der Waals surface area (Å²) in [7, 11) is 0. The van der Waals surface area contributed by atoms with Gasteiger partial charge in [-0.15, -0.1) is 0 Å². The lowest BCUT2D eigenvalue weighted by atomic mass is 9.87. The molecule has 0 amide bonds. The van der Waals surface area contributed by atoms with E-state index in [9.17, 15) is 9.90 Å². The number of aliphatic hydroxyl groups excluding tert-OH is 1. The average Bonchev–Trinajstić information content (AvgIpc) is 2.85. The van der Waals surface area contributed by atoms with E-state index in [0.29, 0.717) is 18.1 Å². The number of pyridine rings is 1. The summed E-state index contributed by atoms with van der Waals surface area (Å²) in [6.07, 6.45) is 4.38. The monoisotopic (exact) mass is 264 g/mol. The van der Waals surface area contributed by atoms with E-state index in [-0.39, 0.29) is 17.6 Å². The number of aryl methyl sites for hydroxylation is 1. The Hall–Kier alpha value is -1.62. The molecule has 1 saturated carbocycles. The van der Waals surface area contributed by atoms with Crippen molar-refractivity contribution in [2.75, 3.05) is 18.5 Å². The van der Waals surface area contributed by atoms with Crippen molar-refractivity contribution in [2.45, 2.75) is 32.6 Å². The molecule has 104 valence electrons. The lowest BCUT2D eigenvalue weighted by Gasteiger charge is -2.26. The number of aromatic nitrogens is 1. The third kappa shape index (κ3) is 3.04. The SMILES string of the molecule is Cc1nc(NCC2(CO)CCCC2)ccc1C(=O)O. The fourth-order valence-electron chi connectivity index (χ4n) is 2.68. The number of nitrogens with zero attached hydrogens (tertiary/aromatic N) is 1. The van der Waals surface area contributed by atoms with Crippen LogP contribution >= 0.6 is 0 Å². The summed E-state index contributed by atoms with van der Waals surface area (Å²) in [5, 5.41) is 21.7. The summed E-state index contributed by atoms with van der Waals surface area (Å²) in [6.45, 7) is 2.56. The Labute approximate surface area is 112 Å². The molecule has 1 aromatic heterocycles. The van der Waals surface area contributed by atoms with Crippen LogP contribution in [0.15, 0.2) is 12.1 Å². The van der Waals surface area contributed by atoms with E-state index in [0.717, 1.165) is 25.7 Å². The van der Waals surface area contributed by atoms with Crippen molar-refractivity contribution >= 4 is 11.8 Å². The van der Waals surface area contributed by atoms with Crippen LogP contribution in [0.4, 0.5) is 5.82 Å². The molecule has 0 radical (unpaired) electrons. The lowest BCUT2D eigenvalue weighted by molar-refractivity contribution is 0.0695. The van der Waals surface area contributed by atoms with Crippen molar-refractivity contribution in [1.82, 2.24) is 4.98 Å². The molecule has 0 spiro atoms. The summed E-state index contributed by atoms with van der Waals surface area (Å²) < 4.78 is 0. The Morgan fingerprint density at radius 1 is 1.42 bits per heavy atom. The highest BCUT2D eigenvalue weighted by molar-refractivity contribution is 5.89. The van der Waals surface area contributed by atoms with Crippen molar-refractivity contribution in [1.29, 1.82) is 0 Å². The van der Waals surface area contributed by atoms with Gasteiger partial charge in [-0.3, -0.25) is 0 Å². The van der Waals surface area contributed by atoms with Gasteiger partial charge >= 0.3 is 5.97 Å². The zero-order valence-corrected chi connectivity index (χ0v) is 11.1. The highest BCUT2D eigenvalue weighted by Crippen LogP contribution is 2.37. The molecule has 0 unspecified atom stereocenters. The highest BCUT2D eigenvalue weighted by atomic mass is 16.4. The third-order valence-corrected chi connectivity index (χ3v) is 3.96. The maximum atomic E-state index is 10.9. The van der Waals surface area contributed by atoms with Crippen LogP contribution in [0.25, 0.3) is 0 Å². The lowest BCUT2D eigenvalue weighted by Crippen LogP contribution is -2.30. The van der Waals surface area contributed by atoms with Crippen molar-refractivity contribution in [2.24, 2.45) is 5.41 Å². The minimum Gasteiger partial charge on any atom is -0.478 e. The average molecular weight is 264 g/mol. The number of anilines is 1. The van der Waals surface area contributed by atoms with E-state index in [2.05, 4.69) is 10.3 Å². The van der Waals surface area contributed by atoms with Gasteiger partial charge in [-0.25, -0.2) is 9.78 Å². The van der Waals surface area contributed by atoms with Gasteiger partial charge in [0.15, 0.2) is 0 Å². The smallest absolute Gasteiger partial charge is 0.337 e. The molecular weight excluding hydrogens is 244 g/mol. The van der Waals surface area contributed by atoms with Gasteiger partial charge in [-0.1, -0.05) is 12.8 Å². The Morgan fingerprint density at radius 3 is 2.63 bits per heavy atom. The van der Waals surface area contributed by atoms with E-state index in [1.54, 1.807) is 19.1 Å². The zero-order chi connectivity index (χ0) is 13.9. The van der Waals surface area contributed by atoms with E-state index < -0.39 is 5.97 Å². The molecule has 0 saturated heterocycles. The summed E-state index contributed by atoms with van der Waals surface area (Å²) in [4.78, 5) is 15.2. The molecule has 0 atom stereocenters. The topological polar surface area (TPSA) is 82.5 Å². The van der Waals surface area contributed by atoms with Gasteiger partial charge in [-0.2, -0.15) is 0 Å². The van der Waals surface area contributed by atoms with Crippen LogP contribution < -0.4 is 5.32 Å². The van der Waals surface area contributed by atoms with Crippen molar-refractivity contribution in [3.8, 4) is 0 Å². The number of nitrogens with one attached hydrogen (secondary N) is 1. The van der Waals surface area contributed by atoms with E-state index in [1.807, 2.05) is 0 Å². The fraction of sp³-hybridized carbons (Fsp3) is 0.571. The molecule has 5 nitrogen and oxygen atoms in total. The van der Waals surface area contributed by atoms with Gasteiger partial charge in [0, 0.05) is 12.0 Å². The van der Waals surface area contributed by atoms with Gasteiger partial charge in [0.1, 0.15) is 5.82 Å². The Balaban J connectivity index is 2.03. The first-order valence-electron chi connectivity index (χ1n) is 6.62. The molecule has 0 bridgehead atoms. The molecule has 1 fully saturated rings. The predicted octanol–water partition coefficient (Wildman–Crippen LogP) is 2.05. The number of aromatic carboxylic acids is 1. The molecule has 2 rings (SSSR count). The first-order valence-corrected chi connectivity index (χ1v) is 6.62. The van der Waals surface area contributed by atoms with Crippen molar-refractivity contribution in [3.63, 3.8) is 0 Å². The molecular formula is C14H20N2O3. The summed E-state index contributed by atoms with van der Waals surface area (Å²) in [6, 6.07) is 3.24. The number of hydrogen-bond donors (Lipinski definition) is 3. The second-order valence-electron chi connectivity index (χ2n) is 5.35. The van der Waals surface area contributed by atoms with Crippen LogP contribution in [0.3, 0.4) is 0 Å². The van der Waals surface area contributed by atoms with Crippen LogP contribution in [0.1, 0.15) is 41.7 Å². The molecule has 0 aromatic carbocycles. The van der Waals surface area contributed by atoms with Crippen molar-refractivity contribution < 1.29 is 15.0 Å². The van der Waals surface area contributed by atoms with Gasteiger partial charge in [0.25, 0.3) is 0 Å². The summed E-state index contributed by atoms with van der Waals surface area (Å²) in [5.74, 6) is -0.290. The number of carbonyl (C=O) groups is 1. The Bertz CT molecular complexity index is 468. The third-order valence-electron chi connectivity index (χ3n) is 3.96. The van der Waals surface area contributed by atoms with Gasteiger partial charge in [0.2, 0.25) is 0 Å². The molecule has 1 aliphatic rings. The van der Waals surface area contributed by atoms with Crippen LogP contribution in [0, 0.1) is 12.3 Å². The molecule has 3 N–H and O–H groups in total. The number of carboxylic acids is 1. The van der Waals surface area contributed by atoms with Crippen LogP contribution in [0.5, 0.6) is 0 Å². The van der Waals surface area contributed by atoms with Crippen LogP contribution in [-0.4, -0.2) is 34.3 Å². The fourth-order valence-corrected chi connectivity index (χ4v) is 2.68. The second-order valence-corrected chi connectivity index (χ2v) is 5.35. The van der Waals surface area contributed by atoms with Gasteiger partial charge < -0.3 is 15.5 Å². The first kappa shape index (κ1) is 13.8. The Kier molecular flexibility index (Phi) is 4.04. The zero-order valence-electron chi connectivity index (χ0n) is 11.1. The first-order chi connectivity index (χ1) is 9.06. The summed E-state index contributed by atoms with van der Waals surface area (Å²) in [5.41, 5.74) is 0.686. The molecule has 1 heterocycles. The van der Waals surface area contributed by atoms with E-state index in [4.69, 9.17) is 5.11 Å². The van der Waals surface area contributed by atoms with E-state index >= 15 is 0 Å². The highest BCUT2D eigenvalue weighted by Gasteiger charge is 2.32. The van der Waals surface area contributed by atoms with Gasteiger partial charge in [0.05, 0.1) is 17.9 Å². The largest absolute Gasteiger partial charge is 0.478 e. The van der Waals surface area contributed by atoms with Crippen LogP contribution in [0.2, 0.25) is 0 Å². The molecule has 5 heteroatoms. The molecule has 0 aliphatic heterocycles.